The van der Waals surface area contributed by atoms with Gasteiger partial charge in [0.1, 0.15) is 5.69 Å². The molecule has 0 radical (unpaired) electrons. The van der Waals surface area contributed by atoms with Crippen molar-refractivity contribution in [2.45, 2.75) is 33.5 Å². The third-order valence-electron chi connectivity index (χ3n) is 4.26. The van der Waals surface area contributed by atoms with E-state index < -0.39 is 23.0 Å². The van der Waals surface area contributed by atoms with Crippen molar-refractivity contribution in [1.29, 1.82) is 0 Å². The van der Waals surface area contributed by atoms with Crippen LogP contribution in [0.1, 0.15) is 26.7 Å². The van der Waals surface area contributed by atoms with Gasteiger partial charge in [-0.1, -0.05) is 23.8 Å². The summed E-state index contributed by atoms with van der Waals surface area (Å²) in [7, 11) is 0. The van der Waals surface area contributed by atoms with Crippen molar-refractivity contribution in [3.05, 3.63) is 67.4 Å². The number of aryl methyl sites for hydroxylation is 3. The quantitative estimate of drug-likeness (QED) is 0.710. The molecule has 0 unspecified atom stereocenters. The first kappa shape index (κ1) is 19.2. The van der Waals surface area contributed by atoms with Gasteiger partial charge in [-0.25, -0.2) is 4.98 Å². The molecule has 0 saturated carbocycles. The first-order valence-corrected chi connectivity index (χ1v) is 9.00. The van der Waals surface area contributed by atoms with Gasteiger partial charge in [0.2, 0.25) is 0 Å². The highest BCUT2D eigenvalue weighted by atomic mass is 32.1. The van der Waals surface area contributed by atoms with Gasteiger partial charge < -0.3 is 10.3 Å². The number of aromatic nitrogens is 2. The maximum atomic E-state index is 13.4. The molecule has 3 rings (SSSR count). The molecule has 0 bridgehead atoms. The summed E-state index contributed by atoms with van der Waals surface area (Å²) in [6.07, 6.45) is -4.71. The Balaban J connectivity index is 2.29. The second-order valence-corrected chi connectivity index (χ2v) is 7.76. The highest BCUT2D eigenvalue weighted by Gasteiger charge is 2.35. The van der Waals surface area contributed by atoms with Crippen LogP contribution >= 0.6 is 11.3 Å². The normalized spacial score (nSPS) is 11.8. The van der Waals surface area contributed by atoms with Gasteiger partial charge >= 0.3 is 6.18 Å². The molecule has 0 saturated heterocycles. The number of hydrogen-bond donors (Lipinski definition) is 1. The van der Waals surface area contributed by atoms with Crippen LogP contribution in [0.2, 0.25) is 0 Å². The summed E-state index contributed by atoms with van der Waals surface area (Å²) in [5.74, 6) is 0. The van der Waals surface area contributed by atoms with Gasteiger partial charge in [0.05, 0.1) is 28.5 Å². The van der Waals surface area contributed by atoms with Crippen molar-refractivity contribution in [3.63, 3.8) is 0 Å². The Morgan fingerprint density at radius 3 is 2.44 bits per heavy atom. The first-order chi connectivity index (χ1) is 12.6. The number of halogens is 3. The number of hydrogen-bond acceptors (Lipinski definition) is 4. The van der Waals surface area contributed by atoms with Gasteiger partial charge in [-0.3, -0.25) is 4.79 Å². The van der Waals surface area contributed by atoms with Crippen LogP contribution in [-0.4, -0.2) is 9.55 Å². The summed E-state index contributed by atoms with van der Waals surface area (Å²) in [6, 6.07) is 7.93. The van der Waals surface area contributed by atoms with Crippen LogP contribution in [0.4, 0.5) is 18.9 Å². The Morgan fingerprint density at radius 1 is 1.19 bits per heavy atom. The van der Waals surface area contributed by atoms with Crippen LogP contribution in [0.3, 0.4) is 0 Å². The summed E-state index contributed by atoms with van der Waals surface area (Å²) in [5.41, 5.74) is 4.98. The molecule has 3 aromatic rings. The zero-order valence-electron chi connectivity index (χ0n) is 15.0. The van der Waals surface area contributed by atoms with E-state index in [9.17, 15) is 18.0 Å². The van der Waals surface area contributed by atoms with Crippen LogP contribution in [0, 0.1) is 20.8 Å². The molecular weight excluding hydrogens is 375 g/mol. The zero-order valence-corrected chi connectivity index (χ0v) is 15.8. The third-order valence-corrected chi connectivity index (χ3v) is 5.19. The average Bonchev–Trinajstić information content (AvgIpc) is 2.88. The van der Waals surface area contributed by atoms with Crippen molar-refractivity contribution in [2.75, 3.05) is 5.73 Å². The lowest BCUT2D eigenvalue weighted by atomic mass is 10.0. The van der Waals surface area contributed by atoms with Crippen molar-refractivity contribution < 1.29 is 13.2 Å². The molecular formula is C19H18F3N3OS. The van der Waals surface area contributed by atoms with Crippen molar-refractivity contribution in [2.24, 2.45) is 0 Å². The third kappa shape index (κ3) is 3.75. The number of nitrogens with two attached hydrogens (primary N) is 1. The maximum absolute atomic E-state index is 13.4. The molecule has 2 heterocycles. The number of pyridine rings is 1. The molecule has 0 fully saturated rings. The second-order valence-electron chi connectivity index (χ2n) is 6.35. The Labute approximate surface area is 158 Å². The summed E-state index contributed by atoms with van der Waals surface area (Å²) in [5, 5.41) is 0.826. The molecule has 2 aromatic heterocycles. The van der Waals surface area contributed by atoms with Gasteiger partial charge in [-0.05, 0) is 38.5 Å². The molecule has 0 aliphatic carbocycles. The predicted molar refractivity (Wildman–Crippen MR) is 101 cm³/mol. The predicted octanol–water partition coefficient (Wildman–Crippen LogP) is 4.55. The molecule has 0 aliphatic heterocycles. The minimum Gasteiger partial charge on any atom is -0.394 e. The van der Waals surface area contributed by atoms with E-state index in [1.165, 1.54) is 15.9 Å². The number of nitrogens with zero attached hydrogens (tertiary/aromatic N) is 2. The lowest BCUT2D eigenvalue weighted by molar-refractivity contribution is -0.137. The number of alkyl halides is 3. The maximum Gasteiger partial charge on any atom is 0.418 e. The van der Waals surface area contributed by atoms with E-state index in [4.69, 9.17) is 5.73 Å². The Hall–Kier alpha value is -2.61. The van der Waals surface area contributed by atoms with Crippen LogP contribution in [-0.2, 0) is 12.7 Å². The topological polar surface area (TPSA) is 60.9 Å². The summed E-state index contributed by atoms with van der Waals surface area (Å²) in [4.78, 5) is 18.1. The van der Waals surface area contributed by atoms with E-state index >= 15 is 0 Å². The van der Waals surface area contributed by atoms with Crippen LogP contribution in [0.15, 0.2) is 35.1 Å². The van der Waals surface area contributed by atoms with E-state index in [1.807, 2.05) is 26.8 Å². The molecule has 0 atom stereocenters. The summed E-state index contributed by atoms with van der Waals surface area (Å²) >= 11 is 1.47. The number of thiazole rings is 1. The van der Waals surface area contributed by atoms with Gasteiger partial charge in [0, 0.05) is 4.88 Å². The standard InChI is InChI=1S/C19H18F3N3OS/c1-10-5-4-6-13(7-10)16-8-14(19(20,21)22)17(23)18(26)25(16)9-15-11(2)27-12(3)24-15/h4-8H,9,23H2,1-3H3. The largest absolute Gasteiger partial charge is 0.418 e. The van der Waals surface area contributed by atoms with E-state index in [2.05, 4.69) is 4.98 Å². The number of benzene rings is 1. The smallest absolute Gasteiger partial charge is 0.394 e. The minimum absolute atomic E-state index is 0.0562. The van der Waals surface area contributed by atoms with Crippen LogP contribution in [0.5, 0.6) is 0 Å². The van der Waals surface area contributed by atoms with Gasteiger partial charge in [-0.15, -0.1) is 11.3 Å². The summed E-state index contributed by atoms with van der Waals surface area (Å²) in [6.45, 7) is 5.60. The highest BCUT2D eigenvalue weighted by Crippen LogP contribution is 2.35. The zero-order chi connectivity index (χ0) is 19.9. The fourth-order valence-corrected chi connectivity index (χ4v) is 3.79. The van der Waals surface area contributed by atoms with E-state index in [-0.39, 0.29) is 12.2 Å². The summed E-state index contributed by atoms with van der Waals surface area (Å²) < 4.78 is 41.4. The monoisotopic (exact) mass is 393 g/mol. The Morgan fingerprint density at radius 2 is 1.89 bits per heavy atom. The second kappa shape index (κ2) is 6.84. The van der Waals surface area contributed by atoms with Gasteiger partial charge in [0.25, 0.3) is 5.56 Å². The minimum atomic E-state index is -4.71. The molecule has 0 amide bonds. The first-order valence-electron chi connectivity index (χ1n) is 8.18. The fourth-order valence-electron chi connectivity index (χ4n) is 2.97. The van der Waals surface area contributed by atoms with Gasteiger partial charge in [-0.2, -0.15) is 13.2 Å². The van der Waals surface area contributed by atoms with Crippen molar-refractivity contribution >= 4 is 17.0 Å². The van der Waals surface area contributed by atoms with Gasteiger partial charge in [0.15, 0.2) is 0 Å². The molecule has 0 aliphatic rings. The molecule has 0 spiro atoms. The number of nitrogen functional groups attached to an aromatic ring is 1. The molecule has 142 valence electrons. The Bertz CT molecular complexity index is 1070. The lowest BCUT2D eigenvalue weighted by Gasteiger charge is -2.18. The van der Waals surface area contributed by atoms with Crippen molar-refractivity contribution in [1.82, 2.24) is 9.55 Å². The van der Waals surface area contributed by atoms with E-state index in [1.54, 1.807) is 18.2 Å². The van der Waals surface area contributed by atoms with E-state index in [0.717, 1.165) is 21.5 Å². The molecule has 2 N–H and O–H groups in total. The van der Waals surface area contributed by atoms with E-state index in [0.29, 0.717) is 11.3 Å². The Kier molecular flexibility index (Phi) is 4.86. The van der Waals surface area contributed by atoms with Crippen LogP contribution in [0.25, 0.3) is 11.3 Å². The molecule has 1 aromatic carbocycles. The SMILES string of the molecule is Cc1cccc(-c2cc(C(F)(F)F)c(N)c(=O)n2Cc2nc(C)sc2C)c1. The number of anilines is 1. The average molecular weight is 393 g/mol. The molecule has 4 nitrogen and oxygen atoms in total. The molecule has 8 heteroatoms. The lowest BCUT2D eigenvalue weighted by Crippen LogP contribution is -2.29. The van der Waals surface area contributed by atoms with Crippen LogP contribution < -0.4 is 11.3 Å². The highest BCUT2D eigenvalue weighted by molar-refractivity contribution is 7.11. The fraction of sp³-hybridized carbons (Fsp3) is 0.263. The van der Waals surface area contributed by atoms with Crippen molar-refractivity contribution in [3.8, 4) is 11.3 Å². The number of rotatable bonds is 3. The molecule has 27 heavy (non-hydrogen) atoms.